The van der Waals surface area contributed by atoms with Gasteiger partial charge in [-0.3, -0.25) is 4.79 Å². The number of carbonyl (C=O) groups excluding carboxylic acids is 1. The van der Waals surface area contributed by atoms with E-state index in [0.717, 1.165) is 35.2 Å². The summed E-state index contributed by atoms with van der Waals surface area (Å²) in [5.41, 5.74) is 4.32. The van der Waals surface area contributed by atoms with Crippen molar-refractivity contribution in [1.82, 2.24) is 19.3 Å². The molecule has 0 spiro atoms. The van der Waals surface area contributed by atoms with Crippen LogP contribution in [-0.2, 0) is 21.4 Å². The first-order valence-electron chi connectivity index (χ1n) is 10.5. The highest BCUT2D eigenvalue weighted by atomic mass is 32.2. The number of fused-ring (bicyclic) bond motifs is 1. The molecule has 1 amide bonds. The SMILES string of the molecule is Cc1ccc(NC(=O)CCCn2nnc3cc(S(=O)(=O)N4CCCC4)ccc32)c(C)c1. The van der Waals surface area contributed by atoms with Gasteiger partial charge < -0.3 is 5.32 Å². The van der Waals surface area contributed by atoms with Crippen LogP contribution in [0.4, 0.5) is 5.69 Å². The fourth-order valence-corrected chi connectivity index (χ4v) is 5.45. The van der Waals surface area contributed by atoms with Gasteiger partial charge in [0, 0.05) is 31.7 Å². The zero-order chi connectivity index (χ0) is 22.0. The van der Waals surface area contributed by atoms with Gasteiger partial charge in [0.2, 0.25) is 15.9 Å². The zero-order valence-corrected chi connectivity index (χ0v) is 18.7. The highest BCUT2D eigenvalue weighted by Gasteiger charge is 2.27. The van der Waals surface area contributed by atoms with E-state index in [1.807, 2.05) is 32.0 Å². The number of amides is 1. The molecule has 8 nitrogen and oxygen atoms in total. The Balaban J connectivity index is 1.38. The van der Waals surface area contributed by atoms with Gasteiger partial charge >= 0.3 is 0 Å². The predicted octanol–water partition coefficient (Wildman–Crippen LogP) is 3.25. The summed E-state index contributed by atoms with van der Waals surface area (Å²) >= 11 is 0. The van der Waals surface area contributed by atoms with E-state index in [0.29, 0.717) is 38.0 Å². The number of aromatic nitrogens is 3. The van der Waals surface area contributed by atoms with Crippen molar-refractivity contribution in [3.8, 4) is 0 Å². The molecule has 0 aliphatic carbocycles. The molecule has 31 heavy (non-hydrogen) atoms. The fourth-order valence-electron chi connectivity index (χ4n) is 3.91. The highest BCUT2D eigenvalue weighted by Crippen LogP contribution is 2.24. The maximum Gasteiger partial charge on any atom is 0.243 e. The molecule has 1 aliphatic rings. The van der Waals surface area contributed by atoms with Crippen LogP contribution in [0.15, 0.2) is 41.3 Å². The first kappa shape index (κ1) is 21.5. The van der Waals surface area contributed by atoms with Crippen LogP contribution in [-0.4, -0.2) is 46.7 Å². The van der Waals surface area contributed by atoms with Gasteiger partial charge in [0.15, 0.2) is 0 Å². The lowest BCUT2D eigenvalue weighted by Gasteiger charge is -2.15. The van der Waals surface area contributed by atoms with E-state index < -0.39 is 10.0 Å². The molecular weight excluding hydrogens is 414 g/mol. The first-order chi connectivity index (χ1) is 14.8. The van der Waals surface area contributed by atoms with Crippen molar-refractivity contribution in [1.29, 1.82) is 0 Å². The molecule has 1 aliphatic heterocycles. The molecule has 164 valence electrons. The largest absolute Gasteiger partial charge is 0.326 e. The Kier molecular flexibility index (Phi) is 6.06. The van der Waals surface area contributed by atoms with Gasteiger partial charge in [-0.15, -0.1) is 5.10 Å². The molecule has 3 aromatic rings. The molecule has 2 heterocycles. The molecular formula is C22H27N5O3S. The lowest BCUT2D eigenvalue weighted by molar-refractivity contribution is -0.116. The Morgan fingerprint density at radius 1 is 1.10 bits per heavy atom. The van der Waals surface area contributed by atoms with Gasteiger partial charge in [0.25, 0.3) is 0 Å². The molecule has 0 radical (unpaired) electrons. The number of benzene rings is 2. The molecule has 0 bridgehead atoms. The molecule has 0 saturated carbocycles. The van der Waals surface area contributed by atoms with E-state index in [-0.39, 0.29) is 10.8 Å². The second-order valence-corrected chi connectivity index (χ2v) is 9.98. The lowest BCUT2D eigenvalue weighted by Crippen LogP contribution is -2.27. The normalized spacial score (nSPS) is 14.9. The van der Waals surface area contributed by atoms with E-state index in [1.165, 1.54) is 4.31 Å². The van der Waals surface area contributed by atoms with Gasteiger partial charge in [-0.1, -0.05) is 22.9 Å². The van der Waals surface area contributed by atoms with E-state index in [4.69, 9.17) is 0 Å². The Hall–Kier alpha value is -2.78. The zero-order valence-electron chi connectivity index (χ0n) is 17.8. The van der Waals surface area contributed by atoms with Crippen LogP contribution in [0.25, 0.3) is 11.0 Å². The van der Waals surface area contributed by atoms with Crippen molar-refractivity contribution < 1.29 is 13.2 Å². The molecule has 2 aromatic carbocycles. The molecule has 0 unspecified atom stereocenters. The van der Waals surface area contributed by atoms with E-state index in [9.17, 15) is 13.2 Å². The Labute approximate surface area is 182 Å². The Bertz CT molecular complexity index is 1210. The number of hydrogen-bond donors (Lipinski definition) is 1. The van der Waals surface area contributed by atoms with Crippen LogP contribution < -0.4 is 5.32 Å². The number of anilines is 1. The van der Waals surface area contributed by atoms with Crippen LogP contribution in [0, 0.1) is 13.8 Å². The van der Waals surface area contributed by atoms with Crippen molar-refractivity contribution >= 4 is 32.7 Å². The smallest absolute Gasteiger partial charge is 0.243 e. The third-order valence-electron chi connectivity index (χ3n) is 5.62. The molecule has 4 rings (SSSR count). The second kappa shape index (κ2) is 8.76. The van der Waals surface area contributed by atoms with Gasteiger partial charge in [-0.2, -0.15) is 4.31 Å². The molecule has 1 fully saturated rings. The Morgan fingerprint density at radius 2 is 1.87 bits per heavy atom. The van der Waals surface area contributed by atoms with Crippen LogP contribution in [0.2, 0.25) is 0 Å². The van der Waals surface area contributed by atoms with Crippen molar-refractivity contribution in [3.63, 3.8) is 0 Å². The summed E-state index contributed by atoms with van der Waals surface area (Å²) in [5, 5.41) is 11.2. The number of carbonyl (C=O) groups is 1. The minimum absolute atomic E-state index is 0.0460. The van der Waals surface area contributed by atoms with E-state index >= 15 is 0 Å². The third-order valence-corrected chi connectivity index (χ3v) is 7.51. The number of rotatable bonds is 7. The molecule has 1 saturated heterocycles. The van der Waals surface area contributed by atoms with Gasteiger partial charge in [0.05, 0.1) is 10.4 Å². The van der Waals surface area contributed by atoms with Crippen molar-refractivity contribution in [2.45, 2.75) is 51.0 Å². The van der Waals surface area contributed by atoms with Crippen molar-refractivity contribution in [2.75, 3.05) is 18.4 Å². The number of nitrogens with one attached hydrogen (secondary N) is 1. The second-order valence-electron chi connectivity index (χ2n) is 8.04. The number of nitrogens with zero attached hydrogens (tertiary/aromatic N) is 4. The Morgan fingerprint density at radius 3 is 2.61 bits per heavy atom. The summed E-state index contributed by atoms with van der Waals surface area (Å²) in [5.74, 6) is -0.0460. The van der Waals surface area contributed by atoms with E-state index in [1.54, 1.807) is 22.9 Å². The third kappa shape index (κ3) is 4.62. The lowest BCUT2D eigenvalue weighted by atomic mass is 10.1. The quantitative estimate of drug-likeness (QED) is 0.607. The van der Waals surface area contributed by atoms with Crippen molar-refractivity contribution in [2.24, 2.45) is 0 Å². The summed E-state index contributed by atoms with van der Waals surface area (Å²) in [7, 11) is -3.48. The summed E-state index contributed by atoms with van der Waals surface area (Å²) in [6.45, 7) is 5.65. The molecule has 1 N–H and O–H groups in total. The van der Waals surface area contributed by atoms with Gasteiger partial charge in [-0.05, 0) is 62.9 Å². The maximum absolute atomic E-state index is 12.8. The minimum atomic E-state index is -3.48. The maximum atomic E-state index is 12.8. The first-order valence-corrected chi connectivity index (χ1v) is 12.0. The van der Waals surface area contributed by atoms with Crippen LogP contribution >= 0.6 is 0 Å². The van der Waals surface area contributed by atoms with Crippen LogP contribution in [0.3, 0.4) is 0 Å². The summed E-state index contributed by atoms with van der Waals surface area (Å²) in [6, 6.07) is 10.9. The molecule has 1 aromatic heterocycles. The summed E-state index contributed by atoms with van der Waals surface area (Å²) in [6.07, 6.45) is 2.75. The predicted molar refractivity (Wildman–Crippen MR) is 119 cm³/mol. The summed E-state index contributed by atoms with van der Waals surface area (Å²) in [4.78, 5) is 12.5. The standard InChI is InChI=1S/C22H27N5O3S/c1-16-7-9-19(17(2)14-16)23-22(28)6-5-13-27-21-10-8-18(15-20(21)24-25-27)31(29,30)26-11-3-4-12-26/h7-10,14-15H,3-6,11-13H2,1-2H3,(H,23,28). The fraction of sp³-hybridized carbons (Fsp3) is 0.409. The van der Waals surface area contributed by atoms with Gasteiger partial charge in [0.1, 0.15) is 5.52 Å². The number of hydrogen-bond acceptors (Lipinski definition) is 5. The highest BCUT2D eigenvalue weighted by molar-refractivity contribution is 7.89. The monoisotopic (exact) mass is 441 g/mol. The average Bonchev–Trinajstić information content (AvgIpc) is 3.40. The van der Waals surface area contributed by atoms with Crippen molar-refractivity contribution in [3.05, 3.63) is 47.5 Å². The number of sulfonamides is 1. The number of aryl methyl sites for hydroxylation is 3. The van der Waals surface area contributed by atoms with Crippen LogP contribution in [0.5, 0.6) is 0 Å². The molecule has 0 atom stereocenters. The average molecular weight is 442 g/mol. The topological polar surface area (TPSA) is 97.2 Å². The summed E-state index contributed by atoms with van der Waals surface area (Å²) < 4.78 is 28.7. The molecule has 9 heteroatoms. The van der Waals surface area contributed by atoms with E-state index in [2.05, 4.69) is 15.6 Å². The van der Waals surface area contributed by atoms with Crippen LogP contribution in [0.1, 0.15) is 36.8 Å². The minimum Gasteiger partial charge on any atom is -0.326 e. The van der Waals surface area contributed by atoms with Gasteiger partial charge in [-0.25, -0.2) is 13.1 Å².